The first kappa shape index (κ1) is 11.0. The molecule has 1 aliphatic rings. The predicted octanol–water partition coefficient (Wildman–Crippen LogP) is 1.61. The largest absolute Gasteiger partial charge is 0.369 e. The molecule has 14 heavy (non-hydrogen) atoms. The van der Waals surface area contributed by atoms with Crippen molar-refractivity contribution in [1.29, 1.82) is 0 Å². The van der Waals surface area contributed by atoms with Crippen LogP contribution < -0.4 is 11.5 Å². The van der Waals surface area contributed by atoms with Crippen LogP contribution in [-0.2, 0) is 0 Å². The minimum Gasteiger partial charge on any atom is -0.369 e. The van der Waals surface area contributed by atoms with E-state index in [9.17, 15) is 0 Å². The lowest BCUT2D eigenvalue weighted by Crippen LogP contribution is -2.21. The van der Waals surface area contributed by atoms with Crippen molar-refractivity contribution in [2.24, 2.45) is 27.6 Å². The third-order valence-electron chi connectivity index (χ3n) is 2.68. The molecule has 0 saturated heterocycles. The Morgan fingerprint density at radius 1 is 1.21 bits per heavy atom. The van der Waals surface area contributed by atoms with E-state index >= 15 is 0 Å². The monoisotopic (exact) mass is 196 g/mol. The fourth-order valence-electron chi connectivity index (χ4n) is 1.95. The molecule has 0 radical (unpaired) electrons. The smallest absolute Gasteiger partial charge is 0.211 e. The first-order chi connectivity index (χ1) is 6.79. The minimum atomic E-state index is 0.0268. The average molecular weight is 196 g/mol. The van der Waals surface area contributed by atoms with Gasteiger partial charge in [0.05, 0.1) is 0 Å². The molecule has 0 unspecified atom stereocenters. The van der Waals surface area contributed by atoms with Crippen molar-refractivity contribution in [3.63, 3.8) is 0 Å². The Hall–Kier alpha value is -1.06. The SMILES string of the molecule is NC(N)=N/N=C/CCC1CCCCC1. The number of nitrogens with two attached hydrogens (primary N) is 2. The van der Waals surface area contributed by atoms with Crippen LogP contribution in [0.5, 0.6) is 0 Å². The number of rotatable bonds is 4. The number of hydrogen-bond acceptors (Lipinski definition) is 2. The van der Waals surface area contributed by atoms with Gasteiger partial charge in [0.2, 0.25) is 5.96 Å². The van der Waals surface area contributed by atoms with Crippen molar-refractivity contribution in [3.8, 4) is 0 Å². The molecule has 0 spiro atoms. The van der Waals surface area contributed by atoms with Gasteiger partial charge in [0.1, 0.15) is 0 Å². The molecule has 80 valence electrons. The summed E-state index contributed by atoms with van der Waals surface area (Å²) in [6.07, 6.45) is 11.0. The van der Waals surface area contributed by atoms with E-state index in [2.05, 4.69) is 10.2 Å². The highest BCUT2D eigenvalue weighted by Gasteiger charge is 2.11. The summed E-state index contributed by atoms with van der Waals surface area (Å²) in [5.74, 6) is 0.924. The summed E-state index contributed by atoms with van der Waals surface area (Å²) in [7, 11) is 0. The van der Waals surface area contributed by atoms with Gasteiger partial charge in [-0.2, -0.15) is 5.10 Å². The maximum atomic E-state index is 5.13. The molecule has 0 aromatic rings. The summed E-state index contributed by atoms with van der Waals surface area (Å²) in [4.78, 5) is 0. The lowest BCUT2D eigenvalue weighted by molar-refractivity contribution is 0.344. The zero-order chi connectivity index (χ0) is 10.2. The molecule has 0 bridgehead atoms. The van der Waals surface area contributed by atoms with Gasteiger partial charge in [0.25, 0.3) is 0 Å². The lowest BCUT2D eigenvalue weighted by Gasteiger charge is -2.20. The second kappa shape index (κ2) is 6.40. The van der Waals surface area contributed by atoms with Crippen LogP contribution in [0.1, 0.15) is 44.9 Å². The number of hydrogen-bond donors (Lipinski definition) is 2. The first-order valence-corrected chi connectivity index (χ1v) is 5.39. The summed E-state index contributed by atoms with van der Waals surface area (Å²) in [6, 6.07) is 0. The molecule has 4 heteroatoms. The highest BCUT2D eigenvalue weighted by atomic mass is 15.3. The molecule has 0 atom stereocenters. The third kappa shape index (κ3) is 4.84. The van der Waals surface area contributed by atoms with Gasteiger partial charge >= 0.3 is 0 Å². The maximum Gasteiger partial charge on any atom is 0.211 e. The van der Waals surface area contributed by atoms with Crippen LogP contribution in [0.15, 0.2) is 10.2 Å². The minimum absolute atomic E-state index is 0.0268. The molecule has 1 saturated carbocycles. The normalized spacial score (nSPS) is 18.6. The molecule has 1 aliphatic carbocycles. The van der Waals surface area contributed by atoms with E-state index in [0.29, 0.717) is 0 Å². The molecule has 1 fully saturated rings. The van der Waals surface area contributed by atoms with Gasteiger partial charge in [0, 0.05) is 6.21 Å². The predicted molar refractivity (Wildman–Crippen MR) is 60.1 cm³/mol. The number of guanidine groups is 1. The Kier molecular flexibility index (Phi) is 5.04. The molecule has 1 rings (SSSR count). The van der Waals surface area contributed by atoms with Gasteiger partial charge in [-0.1, -0.05) is 32.1 Å². The summed E-state index contributed by atoms with van der Waals surface area (Å²) >= 11 is 0. The lowest BCUT2D eigenvalue weighted by atomic mass is 9.86. The Morgan fingerprint density at radius 2 is 1.93 bits per heavy atom. The average Bonchev–Trinajstić information content (AvgIpc) is 2.18. The van der Waals surface area contributed by atoms with Crippen molar-refractivity contribution in [3.05, 3.63) is 0 Å². The molecule has 4 N–H and O–H groups in total. The molecule has 0 aromatic heterocycles. The van der Waals surface area contributed by atoms with Crippen LogP contribution in [0, 0.1) is 5.92 Å². The molecule has 0 aromatic carbocycles. The Bertz CT molecular complexity index is 200. The van der Waals surface area contributed by atoms with Crippen molar-refractivity contribution in [2.45, 2.75) is 44.9 Å². The second-order valence-corrected chi connectivity index (χ2v) is 3.90. The van der Waals surface area contributed by atoms with Gasteiger partial charge in [-0.15, -0.1) is 5.10 Å². The Morgan fingerprint density at radius 3 is 2.57 bits per heavy atom. The fourth-order valence-corrected chi connectivity index (χ4v) is 1.95. The summed E-state index contributed by atoms with van der Waals surface area (Å²) in [6.45, 7) is 0. The van der Waals surface area contributed by atoms with Crippen LogP contribution in [0.2, 0.25) is 0 Å². The maximum absolute atomic E-state index is 5.13. The zero-order valence-corrected chi connectivity index (χ0v) is 8.65. The zero-order valence-electron chi connectivity index (χ0n) is 8.65. The highest BCUT2D eigenvalue weighted by Crippen LogP contribution is 2.26. The number of nitrogens with zero attached hydrogens (tertiary/aromatic N) is 2. The van der Waals surface area contributed by atoms with Crippen LogP contribution in [0.4, 0.5) is 0 Å². The van der Waals surface area contributed by atoms with Crippen molar-refractivity contribution < 1.29 is 0 Å². The van der Waals surface area contributed by atoms with Gasteiger partial charge < -0.3 is 11.5 Å². The summed E-state index contributed by atoms with van der Waals surface area (Å²) < 4.78 is 0. The molecular weight excluding hydrogens is 176 g/mol. The van der Waals surface area contributed by atoms with Gasteiger partial charge in [0.15, 0.2) is 0 Å². The van der Waals surface area contributed by atoms with Crippen LogP contribution in [0.3, 0.4) is 0 Å². The van der Waals surface area contributed by atoms with Crippen molar-refractivity contribution in [1.82, 2.24) is 0 Å². The quantitative estimate of drug-likeness (QED) is 0.407. The second-order valence-electron chi connectivity index (χ2n) is 3.90. The van der Waals surface area contributed by atoms with E-state index in [4.69, 9.17) is 11.5 Å². The third-order valence-corrected chi connectivity index (χ3v) is 2.68. The van der Waals surface area contributed by atoms with E-state index in [-0.39, 0.29) is 5.96 Å². The van der Waals surface area contributed by atoms with Crippen molar-refractivity contribution in [2.75, 3.05) is 0 Å². The van der Waals surface area contributed by atoms with Crippen molar-refractivity contribution >= 4 is 12.2 Å². The molecule has 0 aliphatic heterocycles. The summed E-state index contributed by atoms with van der Waals surface area (Å²) in [5, 5.41) is 7.32. The Labute approximate surface area is 85.5 Å². The Balaban J connectivity index is 2.08. The highest BCUT2D eigenvalue weighted by molar-refractivity contribution is 5.76. The first-order valence-electron chi connectivity index (χ1n) is 5.39. The molecule has 0 amide bonds. The van der Waals surface area contributed by atoms with Gasteiger partial charge in [-0.05, 0) is 18.8 Å². The molecular formula is C10H20N4. The standard InChI is InChI=1S/C10H20N4/c11-10(12)14-13-8-4-7-9-5-2-1-3-6-9/h8-9H,1-7H2,(H4,11,12,14)/b13-8+. The van der Waals surface area contributed by atoms with Crippen LogP contribution >= 0.6 is 0 Å². The van der Waals surface area contributed by atoms with E-state index in [0.717, 1.165) is 12.3 Å². The van der Waals surface area contributed by atoms with Gasteiger partial charge in [-0.25, -0.2) is 0 Å². The van der Waals surface area contributed by atoms with E-state index < -0.39 is 0 Å². The van der Waals surface area contributed by atoms with E-state index in [1.165, 1.54) is 38.5 Å². The van der Waals surface area contributed by atoms with E-state index in [1.54, 1.807) is 6.21 Å². The van der Waals surface area contributed by atoms with Crippen LogP contribution in [0.25, 0.3) is 0 Å². The van der Waals surface area contributed by atoms with E-state index in [1.807, 2.05) is 0 Å². The van der Waals surface area contributed by atoms with Crippen LogP contribution in [-0.4, -0.2) is 12.2 Å². The fraction of sp³-hybridized carbons (Fsp3) is 0.800. The topological polar surface area (TPSA) is 76.8 Å². The molecule has 4 nitrogen and oxygen atoms in total. The summed E-state index contributed by atoms with van der Waals surface area (Å²) in [5.41, 5.74) is 10.3. The molecule has 0 heterocycles. The van der Waals surface area contributed by atoms with Gasteiger partial charge in [-0.3, -0.25) is 0 Å².